The standard InChI is InChI=1S/C17H21NO2/c1-4-13-11-18-10-9-16(13)17(19)14-5-7-15(8-6-14)20-12(2)3/h5-12,17,19H,4H2,1-3H3. The number of aliphatic hydroxyl groups excluding tert-OH is 1. The van der Waals surface area contributed by atoms with Crippen molar-refractivity contribution in [2.24, 2.45) is 0 Å². The lowest BCUT2D eigenvalue weighted by Crippen LogP contribution is -2.06. The van der Waals surface area contributed by atoms with E-state index in [1.807, 2.05) is 50.4 Å². The molecule has 0 radical (unpaired) electrons. The number of hydrogen-bond donors (Lipinski definition) is 1. The van der Waals surface area contributed by atoms with Crippen molar-refractivity contribution >= 4 is 0 Å². The van der Waals surface area contributed by atoms with E-state index in [4.69, 9.17) is 4.74 Å². The van der Waals surface area contributed by atoms with Gasteiger partial charge in [-0.05, 0) is 55.2 Å². The number of aliphatic hydroxyl groups is 1. The summed E-state index contributed by atoms with van der Waals surface area (Å²) < 4.78 is 5.61. The first-order valence-corrected chi connectivity index (χ1v) is 6.99. The summed E-state index contributed by atoms with van der Waals surface area (Å²) in [6.07, 6.45) is 3.91. The molecule has 0 saturated carbocycles. The molecule has 2 aromatic rings. The molecule has 3 nitrogen and oxygen atoms in total. The van der Waals surface area contributed by atoms with Crippen LogP contribution in [0, 0.1) is 0 Å². The molecule has 1 aromatic carbocycles. The van der Waals surface area contributed by atoms with Gasteiger partial charge in [0, 0.05) is 12.4 Å². The van der Waals surface area contributed by atoms with Crippen LogP contribution in [0.15, 0.2) is 42.7 Å². The molecule has 20 heavy (non-hydrogen) atoms. The first-order chi connectivity index (χ1) is 9.61. The van der Waals surface area contributed by atoms with Gasteiger partial charge in [0.25, 0.3) is 0 Å². The largest absolute Gasteiger partial charge is 0.491 e. The van der Waals surface area contributed by atoms with Crippen LogP contribution >= 0.6 is 0 Å². The van der Waals surface area contributed by atoms with E-state index in [1.54, 1.807) is 6.20 Å². The highest BCUT2D eigenvalue weighted by atomic mass is 16.5. The Bertz CT molecular complexity index is 549. The average Bonchev–Trinajstić information content (AvgIpc) is 2.46. The van der Waals surface area contributed by atoms with Crippen molar-refractivity contribution in [3.8, 4) is 5.75 Å². The quantitative estimate of drug-likeness (QED) is 0.904. The van der Waals surface area contributed by atoms with Gasteiger partial charge in [0.15, 0.2) is 0 Å². The van der Waals surface area contributed by atoms with Gasteiger partial charge in [-0.3, -0.25) is 4.98 Å². The van der Waals surface area contributed by atoms with Crippen LogP contribution < -0.4 is 4.74 Å². The van der Waals surface area contributed by atoms with Crippen LogP contribution in [0.25, 0.3) is 0 Å². The maximum absolute atomic E-state index is 10.5. The first kappa shape index (κ1) is 14.5. The molecule has 1 aromatic heterocycles. The minimum absolute atomic E-state index is 0.151. The molecule has 0 saturated heterocycles. The molecule has 0 amide bonds. The Hall–Kier alpha value is -1.87. The van der Waals surface area contributed by atoms with E-state index >= 15 is 0 Å². The molecule has 0 fully saturated rings. The number of pyridine rings is 1. The van der Waals surface area contributed by atoms with Gasteiger partial charge in [-0.15, -0.1) is 0 Å². The number of aryl methyl sites for hydroxylation is 1. The second kappa shape index (κ2) is 6.53. The van der Waals surface area contributed by atoms with Crippen LogP contribution in [-0.4, -0.2) is 16.2 Å². The second-order valence-electron chi connectivity index (χ2n) is 5.07. The molecular weight excluding hydrogens is 250 g/mol. The maximum Gasteiger partial charge on any atom is 0.119 e. The summed E-state index contributed by atoms with van der Waals surface area (Å²) in [6.45, 7) is 6.05. The maximum atomic E-state index is 10.5. The summed E-state index contributed by atoms with van der Waals surface area (Å²) in [6, 6.07) is 9.48. The molecule has 106 valence electrons. The molecule has 1 heterocycles. The van der Waals surface area contributed by atoms with E-state index in [1.165, 1.54) is 0 Å². The smallest absolute Gasteiger partial charge is 0.119 e. The Morgan fingerprint density at radius 2 is 1.85 bits per heavy atom. The van der Waals surface area contributed by atoms with Crippen LogP contribution in [-0.2, 0) is 6.42 Å². The molecule has 0 aliphatic rings. The van der Waals surface area contributed by atoms with Crippen molar-refractivity contribution in [1.82, 2.24) is 4.98 Å². The molecule has 1 atom stereocenters. The summed E-state index contributed by atoms with van der Waals surface area (Å²) >= 11 is 0. The van der Waals surface area contributed by atoms with Crippen LogP contribution in [0.5, 0.6) is 5.75 Å². The summed E-state index contributed by atoms with van der Waals surface area (Å²) in [7, 11) is 0. The zero-order valence-electron chi connectivity index (χ0n) is 12.2. The van der Waals surface area contributed by atoms with E-state index in [-0.39, 0.29) is 6.10 Å². The van der Waals surface area contributed by atoms with Crippen molar-refractivity contribution in [2.75, 3.05) is 0 Å². The van der Waals surface area contributed by atoms with Gasteiger partial charge in [-0.2, -0.15) is 0 Å². The van der Waals surface area contributed by atoms with Gasteiger partial charge < -0.3 is 9.84 Å². The van der Waals surface area contributed by atoms with Crippen molar-refractivity contribution < 1.29 is 9.84 Å². The Labute approximate surface area is 120 Å². The molecular formula is C17H21NO2. The molecule has 3 heteroatoms. The molecule has 0 aliphatic carbocycles. The third kappa shape index (κ3) is 3.36. The van der Waals surface area contributed by atoms with Crippen LogP contribution in [0.2, 0.25) is 0 Å². The van der Waals surface area contributed by atoms with E-state index in [0.29, 0.717) is 0 Å². The van der Waals surface area contributed by atoms with Gasteiger partial charge in [0.1, 0.15) is 11.9 Å². The van der Waals surface area contributed by atoms with E-state index < -0.39 is 6.10 Å². The van der Waals surface area contributed by atoms with Gasteiger partial charge in [-0.1, -0.05) is 19.1 Å². The Balaban J connectivity index is 2.22. The lowest BCUT2D eigenvalue weighted by atomic mass is 9.97. The third-order valence-electron chi connectivity index (χ3n) is 3.18. The number of nitrogens with zero attached hydrogens (tertiary/aromatic N) is 1. The van der Waals surface area contributed by atoms with Crippen molar-refractivity contribution in [3.05, 3.63) is 59.4 Å². The highest BCUT2D eigenvalue weighted by Gasteiger charge is 2.14. The normalized spacial score (nSPS) is 12.4. The zero-order valence-corrected chi connectivity index (χ0v) is 12.2. The minimum Gasteiger partial charge on any atom is -0.491 e. The highest BCUT2D eigenvalue weighted by Crippen LogP contribution is 2.26. The molecule has 0 bridgehead atoms. The lowest BCUT2D eigenvalue weighted by molar-refractivity contribution is 0.218. The van der Waals surface area contributed by atoms with Crippen molar-refractivity contribution in [1.29, 1.82) is 0 Å². The summed E-state index contributed by atoms with van der Waals surface area (Å²) in [4.78, 5) is 4.11. The van der Waals surface area contributed by atoms with Crippen LogP contribution in [0.4, 0.5) is 0 Å². The minimum atomic E-state index is -0.624. The van der Waals surface area contributed by atoms with E-state index in [0.717, 1.165) is 28.9 Å². The Morgan fingerprint density at radius 1 is 1.15 bits per heavy atom. The fourth-order valence-corrected chi connectivity index (χ4v) is 2.18. The Morgan fingerprint density at radius 3 is 2.45 bits per heavy atom. The topological polar surface area (TPSA) is 42.4 Å². The number of ether oxygens (including phenoxy) is 1. The lowest BCUT2D eigenvalue weighted by Gasteiger charge is -2.16. The average molecular weight is 271 g/mol. The highest BCUT2D eigenvalue weighted by molar-refractivity contribution is 5.36. The summed E-state index contributed by atoms with van der Waals surface area (Å²) in [5.41, 5.74) is 2.85. The number of aromatic nitrogens is 1. The fraction of sp³-hybridized carbons (Fsp3) is 0.353. The molecule has 0 spiro atoms. The van der Waals surface area contributed by atoms with E-state index in [2.05, 4.69) is 11.9 Å². The number of benzene rings is 1. The van der Waals surface area contributed by atoms with Crippen molar-refractivity contribution in [3.63, 3.8) is 0 Å². The summed E-state index contributed by atoms with van der Waals surface area (Å²) in [5.74, 6) is 0.821. The molecule has 0 aliphatic heterocycles. The fourth-order valence-electron chi connectivity index (χ4n) is 2.18. The van der Waals surface area contributed by atoms with Crippen molar-refractivity contribution in [2.45, 2.75) is 39.4 Å². The predicted molar refractivity (Wildman–Crippen MR) is 79.9 cm³/mol. The van der Waals surface area contributed by atoms with E-state index in [9.17, 15) is 5.11 Å². The zero-order chi connectivity index (χ0) is 14.5. The molecule has 1 N–H and O–H groups in total. The van der Waals surface area contributed by atoms with Gasteiger partial charge in [0.2, 0.25) is 0 Å². The molecule has 2 rings (SSSR count). The predicted octanol–water partition coefficient (Wildman–Crippen LogP) is 3.51. The first-order valence-electron chi connectivity index (χ1n) is 6.99. The van der Waals surface area contributed by atoms with Crippen LogP contribution in [0.3, 0.4) is 0 Å². The summed E-state index contributed by atoms with van der Waals surface area (Å²) in [5, 5.41) is 10.5. The molecule has 1 unspecified atom stereocenters. The number of rotatable bonds is 5. The van der Waals surface area contributed by atoms with Gasteiger partial charge in [-0.25, -0.2) is 0 Å². The second-order valence-corrected chi connectivity index (χ2v) is 5.07. The SMILES string of the molecule is CCc1cnccc1C(O)c1ccc(OC(C)C)cc1. The van der Waals surface area contributed by atoms with Gasteiger partial charge in [0.05, 0.1) is 6.10 Å². The monoisotopic (exact) mass is 271 g/mol. The number of hydrogen-bond acceptors (Lipinski definition) is 3. The van der Waals surface area contributed by atoms with Crippen LogP contribution in [0.1, 0.15) is 43.6 Å². The van der Waals surface area contributed by atoms with Gasteiger partial charge >= 0.3 is 0 Å². The Kier molecular flexibility index (Phi) is 4.74. The third-order valence-corrected chi connectivity index (χ3v) is 3.18.